The highest BCUT2D eigenvalue weighted by molar-refractivity contribution is 7.90. The van der Waals surface area contributed by atoms with Gasteiger partial charge >= 0.3 is 0 Å². The fourth-order valence-corrected chi connectivity index (χ4v) is 5.18. The predicted molar refractivity (Wildman–Crippen MR) is 117 cm³/mol. The number of sulfonamides is 1. The lowest BCUT2D eigenvalue weighted by molar-refractivity contribution is -0.109. The molecule has 31 heavy (non-hydrogen) atoms. The Balaban J connectivity index is 1.50. The highest BCUT2D eigenvalue weighted by Gasteiger charge is 2.32. The third-order valence-corrected chi connectivity index (χ3v) is 7.94. The van der Waals surface area contributed by atoms with Gasteiger partial charge in [-0.25, -0.2) is 18.1 Å². The average molecular weight is 455 g/mol. The van der Waals surface area contributed by atoms with Crippen LogP contribution in [0.2, 0.25) is 0 Å². The van der Waals surface area contributed by atoms with Crippen molar-refractivity contribution in [2.45, 2.75) is 81.7 Å². The second-order valence-electron chi connectivity index (χ2n) is 8.55. The van der Waals surface area contributed by atoms with Gasteiger partial charge in [-0.3, -0.25) is 9.78 Å². The normalized spacial score (nSPS) is 27.2. The first-order valence-corrected chi connectivity index (χ1v) is 12.7. The molecule has 2 N–H and O–H groups in total. The van der Waals surface area contributed by atoms with E-state index in [0.717, 1.165) is 50.8 Å². The molecule has 3 rings (SSSR count). The van der Waals surface area contributed by atoms with Gasteiger partial charge in [0.25, 0.3) is 0 Å². The summed E-state index contributed by atoms with van der Waals surface area (Å²) in [6.07, 6.45) is 9.42. The highest BCUT2D eigenvalue weighted by Crippen LogP contribution is 2.36. The number of aldehydes is 1. The van der Waals surface area contributed by atoms with E-state index >= 15 is 0 Å². The van der Waals surface area contributed by atoms with Gasteiger partial charge in [0.2, 0.25) is 15.9 Å². The van der Waals surface area contributed by atoms with Crippen molar-refractivity contribution in [1.29, 1.82) is 0 Å². The smallest absolute Gasteiger partial charge is 0.236 e. The fraction of sp³-hybridized carbons (Fsp3) is 0.762. The zero-order valence-corrected chi connectivity index (χ0v) is 19.1. The largest absolute Gasteiger partial charge is 0.469 e. The van der Waals surface area contributed by atoms with Crippen molar-refractivity contribution in [2.24, 2.45) is 0 Å². The molecule has 2 aliphatic rings. The Morgan fingerprint density at radius 2 is 1.94 bits per heavy atom. The highest BCUT2D eigenvalue weighted by atomic mass is 32.2. The molecule has 174 valence electrons. The SMILES string of the molecule is CC(C)S(=O)(=O)N[C@H]1CCCN[C@H]1CO[C@H]1CC[C@@H](c2nccnc2OCC=O)CC1. The first kappa shape index (κ1) is 24.0. The molecule has 9 nitrogen and oxygen atoms in total. The molecule has 2 fully saturated rings. The maximum Gasteiger partial charge on any atom is 0.236 e. The number of hydrogen-bond acceptors (Lipinski definition) is 8. The van der Waals surface area contributed by atoms with Crippen LogP contribution in [-0.2, 0) is 19.6 Å². The molecule has 2 atom stereocenters. The monoisotopic (exact) mass is 454 g/mol. The van der Waals surface area contributed by atoms with E-state index in [9.17, 15) is 13.2 Å². The summed E-state index contributed by atoms with van der Waals surface area (Å²) in [5.41, 5.74) is 0.805. The summed E-state index contributed by atoms with van der Waals surface area (Å²) < 4.78 is 39.1. The van der Waals surface area contributed by atoms with Gasteiger partial charge < -0.3 is 14.8 Å². The van der Waals surface area contributed by atoms with Gasteiger partial charge in [-0.2, -0.15) is 0 Å². The van der Waals surface area contributed by atoms with Crippen molar-refractivity contribution < 1.29 is 22.7 Å². The summed E-state index contributed by atoms with van der Waals surface area (Å²) in [4.78, 5) is 19.3. The molecule has 0 aromatic carbocycles. The van der Waals surface area contributed by atoms with Crippen LogP contribution in [-0.4, -0.2) is 67.9 Å². The van der Waals surface area contributed by atoms with Crippen molar-refractivity contribution in [3.63, 3.8) is 0 Å². The van der Waals surface area contributed by atoms with Crippen molar-refractivity contribution in [3.8, 4) is 5.88 Å². The number of nitrogens with one attached hydrogen (secondary N) is 2. The minimum absolute atomic E-state index is 0.0247. The number of carbonyl (C=O) groups excluding carboxylic acids is 1. The molecule has 1 aromatic heterocycles. The molecule has 1 saturated carbocycles. The van der Waals surface area contributed by atoms with Gasteiger partial charge in [-0.15, -0.1) is 0 Å². The Morgan fingerprint density at radius 3 is 2.65 bits per heavy atom. The number of carbonyl (C=O) groups is 1. The molecule has 2 heterocycles. The fourth-order valence-electron chi connectivity index (χ4n) is 4.20. The van der Waals surface area contributed by atoms with Gasteiger partial charge in [-0.05, 0) is 58.9 Å². The Bertz CT molecular complexity index is 812. The van der Waals surface area contributed by atoms with E-state index in [4.69, 9.17) is 9.47 Å². The third-order valence-electron chi connectivity index (χ3n) is 6.07. The molecule has 1 aliphatic heterocycles. The van der Waals surface area contributed by atoms with Crippen molar-refractivity contribution >= 4 is 16.3 Å². The van der Waals surface area contributed by atoms with Gasteiger partial charge in [-0.1, -0.05) is 0 Å². The van der Waals surface area contributed by atoms with Crippen LogP contribution in [0.5, 0.6) is 5.88 Å². The Morgan fingerprint density at radius 1 is 1.19 bits per heavy atom. The van der Waals surface area contributed by atoms with Crippen molar-refractivity contribution in [3.05, 3.63) is 18.1 Å². The van der Waals surface area contributed by atoms with Crippen LogP contribution in [0.1, 0.15) is 64.0 Å². The number of ether oxygens (including phenoxy) is 2. The van der Waals surface area contributed by atoms with Crippen molar-refractivity contribution in [2.75, 3.05) is 19.8 Å². The zero-order valence-electron chi connectivity index (χ0n) is 18.3. The topological polar surface area (TPSA) is 120 Å². The number of nitrogens with zero attached hydrogens (tertiary/aromatic N) is 2. The maximum absolute atomic E-state index is 12.3. The molecule has 10 heteroatoms. The van der Waals surface area contributed by atoms with E-state index in [1.54, 1.807) is 26.2 Å². The number of piperidine rings is 1. The molecule has 0 spiro atoms. The summed E-state index contributed by atoms with van der Waals surface area (Å²) >= 11 is 0. The lowest BCUT2D eigenvalue weighted by Crippen LogP contribution is -2.56. The van der Waals surface area contributed by atoms with Crippen LogP contribution >= 0.6 is 0 Å². The minimum Gasteiger partial charge on any atom is -0.469 e. The standard InChI is InChI=1S/C21H34N4O5S/c1-15(2)31(27,28)25-18-4-3-9-22-19(18)14-30-17-7-5-16(6-8-17)20-21(29-13-12-26)24-11-10-23-20/h10-12,15-19,22,25H,3-9,13-14H2,1-2H3/t16-,17+,18-,19-/m0/s1. The van der Waals surface area contributed by atoms with E-state index in [1.165, 1.54) is 0 Å². The van der Waals surface area contributed by atoms with E-state index in [-0.39, 0.29) is 30.7 Å². The Kier molecular flexibility index (Phi) is 8.76. The quantitative estimate of drug-likeness (QED) is 0.511. The van der Waals surface area contributed by atoms with Crippen LogP contribution in [0, 0.1) is 0 Å². The minimum atomic E-state index is -3.31. The summed E-state index contributed by atoms with van der Waals surface area (Å²) in [6.45, 7) is 4.71. The van der Waals surface area contributed by atoms with Gasteiger partial charge in [0.05, 0.1) is 18.0 Å². The molecule has 0 bridgehead atoms. The number of rotatable bonds is 10. The van der Waals surface area contributed by atoms with Crippen molar-refractivity contribution in [1.82, 2.24) is 20.0 Å². The van der Waals surface area contributed by atoms with Crippen LogP contribution in [0.4, 0.5) is 0 Å². The summed E-state index contributed by atoms with van der Waals surface area (Å²) in [7, 11) is -3.31. The first-order chi connectivity index (χ1) is 14.9. The number of aromatic nitrogens is 2. The summed E-state index contributed by atoms with van der Waals surface area (Å²) in [5, 5.41) is 2.97. The zero-order chi connectivity index (χ0) is 22.3. The second-order valence-corrected chi connectivity index (χ2v) is 10.8. The average Bonchev–Trinajstić information content (AvgIpc) is 2.77. The molecule has 0 radical (unpaired) electrons. The summed E-state index contributed by atoms with van der Waals surface area (Å²) in [5.74, 6) is 0.666. The van der Waals surface area contributed by atoms with E-state index in [1.807, 2.05) is 0 Å². The molecular weight excluding hydrogens is 420 g/mol. The summed E-state index contributed by atoms with van der Waals surface area (Å²) in [6, 6.07) is -0.169. The van der Waals surface area contributed by atoms with E-state index in [2.05, 4.69) is 20.0 Å². The third kappa shape index (κ3) is 6.68. The van der Waals surface area contributed by atoms with Gasteiger partial charge in [0.15, 0.2) is 6.29 Å². The van der Waals surface area contributed by atoms with Crippen LogP contribution in [0.25, 0.3) is 0 Å². The van der Waals surface area contributed by atoms with Crippen LogP contribution in [0.3, 0.4) is 0 Å². The molecular formula is C21H34N4O5S. The molecule has 0 amide bonds. The molecule has 1 aliphatic carbocycles. The van der Waals surface area contributed by atoms with E-state index < -0.39 is 15.3 Å². The van der Waals surface area contributed by atoms with E-state index in [0.29, 0.717) is 18.8 Å². The van der Waals surface area contributed by atoms with Gasteiger partial charge in [0.1, 0.15) is 12.3 Å². The lowest BCUT2D eigenvalue weighted by atomic mass is 9.85. The molecule has 1 aromatic rings. The van der Waals surface area contributed by atoms with Crippen LogP contribution < -0.4 is 14.8 Å². The number of hydrogen-bond donors (Lipinski definition) is 2. The maximum atomic E-state index is 12.3. The predicted octanol–water partition coefficient (Wildman–Crippen LogP) is 1.55. The first-order valence-electron chi connectivity index (χ1n) is 11.1. The lowest BCUT2D eigenvalue weighted by Gasteiger charge is -2.35. The Labute approximate surface area is 184 Å². The van der Waals surface area contributed by atoms with Gasteiger partial charge in [0, 0.05) is 30.4 Å². The molecule has 0 unspecified atom stereocenters. The second kappa shape index (κ2) is 11.3. The molecule has 1 saturated heterocycles. The Hall–Kier alpha value is -1.62. The van der Waals surface area contributed by atoms with Crippen LogP contribution in [0.15, 0.2) is 12.4 Å².